The molecule has 1 aromatic carbocycles. The minimum absolute atomic E-state index is 0.00409. The first kappa shape index (κ1) is 21.7. The van der Waals surface area contributed by atoms with Crippen LogP contribution in [-0.2, 0) is 5.75 Å². The molecule has 0 atom stereocenters. The predicted molar refractivity (Wildman–Crippen MR) is 126 cm³/mol. The topological polar surface area (TPSA) is 76.8 Å². The summed E-state index contributed by atoms with van der Waals surface area (Å²) < 4.78 is 16.4. The van der Waals surface area contributed by atoms with Crippen molar-refractivity contribution in [3.8, 4) is 17.1 Å². The Morgan fingerprint density at radius 2 is 1.94 bits per heavy atom. The zero-order valence-electron chi connectivity index (χ0n) is 17.7. The first-order valence-electron chi connectivity index (χ1n) is 10.7. The standard InChI is InChI=1S/C23H21FN6OS2/c24-17-8-2-3-9-19(17)30-21(16-7-6-10-25-13-16)27-28-23(30)33-15-20-26-18(14-32-20)22(31)29-11-4-1-5-12-29/h2-3,6-10,13-14H,1,4-5,11-12,15H2. The van der Waals surface area contributed by atoms with Gasteiger partial charge in [-0.05, 0) is 43.5 Å². The van der Waals surface area contributed by atoms with E-state index in [0.29, 0.717) is 28.1 Å². The molecular weight excluding hydrogens is 459 g/mol. The zero-order chi connectivity index (χ0) is 22.6. The van der Waals surface area contributed by atoms with Crippen molar-refractivity contribution in [3.63, 3.8) is 0 Å². The molecule has 5 rings (SSSR count). The van der Waals surface area contributed by atoms with E-state index in [9.17, 15) is 9.18 Å². The van der Waals surface area contributed by atoms with Crippen LogP contribution in [0.1, 0.15) is 34.8 Å². The van der Waals surface area contributed by atoms with Crippen LogP contribution in [0.4, 0.5) is 4.39 Å². The molecule has 0 unspecified atom stereocenters. The van der Waals surface area contributed by atoms with Crippen LogP contribution in [0.3, 0.4) is 0 Å². The number of hydrogen-bond donors (Lipinski definition) is 0. The number of thioether (sulfide) groups is 1. The van der Waals surface area contributed by atoms with Gasteiger partial charge in [0.25, 0.3) is 5.91 Å². The third-order valence-corrected chi connectivity index (χ3v) is 7.36. The van der Waals surface area contributed by atoms with Crippen LogP contribution in [0.15, 0.2) is 59.3 Å². The lowest BCUT2D eigenvalue weighted by atomic mass is 10.1. The van der Waals surface area contributed by atoms with Crippen molar-refractivity contribution in [2.75, 3.05) is 13.1 Å². The average molecular weight is 481 g/mol. The van der Waals surface area contributed by atoms with Gasteiger partial charge < -0.3 is 4.90 Å². The maximum atomic E-state index is 14.7. The highest BCUT2D eigenvalue weighted by Gasteiger charge is 2.22. The summed E-state index contributed by atoms with van der Waals surface area (Å²) in [5.74, 6) is 0.636. The van der Waals surface area contributed by atoms with Gasteiger partial charge >= 0.3 is 0 Å². The van der Waals surface area contributed by atoms with Crippen LogP contribution in [0.5, 0.6) is 0 Å². The largest absolute Gasteiger partial charge is 0.337 e. The van der Waals surface area contributed by atoms with Crippen molar-refractivity contribution >= 4 is 29.0 Å². The summed E-state index contributed by atoms with van der Waals surface area (Å²) in [5.41, 5.74) is 1.59. The number of nitrogens with zero attached hydrogens (tertiary/aromatic N) is 6. The van der Waals surface area contributed by atoms with Gasteiger partial charge in [0.05, 0.1) is 11.4 Å². The number of likely N-dealkylation sites (tertiary alicyclic amines) is 1. The Morgan fingerprint density at radius 1 is 1.09 bits per heavy atom. The lowest BCUT2D eigenvalue weighted by molar-refractivity contribution is 0.0719. The highest BCUT2D eigenvalue weighted by atomic mass is 32.2. The van der Waals surface area contributed by atoms with Crippen LogP contribution in [0, 0.1) is 5.82 Å². The minimum Gasteiger partial charge on any atom is -0.337 e. The van der Waals surface area contributed by atoms with E-state index < -0.39 is 0 Å². The van der Waals surface area contributed by atoms with Gasteiger partial charge in [-0.1, -0.05) is 23.9 Å². The Balaban J connectivity index is 1.39. The second kappa shape index (κ2) is 9.80. The summed E-state index contributed by atoms with van der Waals surface area (Å²) in [7, 11) is 0. The second-order valence-corrected chi connectivity index (χ2v) is 9.49. The lowest BCUT2D eigenvalue weighted by Gasteiger charge is -2.25. The molecule has 0 aliphatic carbocycles. The number of amides is 1. The molecule has 3 aromatic heterocycles. The Hall–Kier alpha value is -3.11. The van der Waals surface area contributed by atoms with E-state index in [0.717, 1.165) is 36.5 Å². The number of hydrogen-bond acceptors (Lipinski definition) is 7. The molecule has 1 aliphatic rings. The summed E-state index contributed by atoms with van der Waals surface area (Å²) in [6.07, 6.45) is 6.61. The fraction of sp³-hybridized carbons (Fsp3) is 0.261. The molecule has 10 heteroatoms. The molecule has 1 amide bonds. The number of halogens is 1. The summed E-state index contributed by atoms with van der Waals surface area (Å²) >= 11 is 2.85. The summed E-state index contributed by atoms with van der Waals surface area (Å²) in [4.78, 5) is 23.3. The average Bonchev–Trinajstić information content (AvgIpc) is 3.51. The van der Waals surface area contributed by atoms with Crippen LogP contribution in [-0.4, -0.2) is 48.6 Å². The molecule has 4 heterocycles. The Morgan fingerprint density at radius 3 is 2.73 bits per heavy atom. The molecule has 1 aliphatic heterocycles. The van der Waals surface area contributed by atoms with Gasteiger partial charge in [0.1, 0.15) is 16.5 Å². The fourth-order valence-electron chi connectivity index (χ4n) is 3.76. The monoisotopic (exact) mass is 480 g/mol. The maximum Gasteiger partial charge on any atom is 0.273 e. The highest BCUT2D eigenvalue weighted by Crippen LogP contribution is 2.31. The van der Waals surface area contributed by atoms with Gasteiger partial charge in [-0.15, -0.1) is 21.5 Å². The molecule has 1 saturated heterocycles. The number of rotatable bonds is 6. The number of thiazole rings is 1. The molecule has 0 radical (unpaired) electrons. The van der Waals surface area contributed by atoms with Crippen molar-refractivity contribution < 1.29 is 9.18 Å². The van der Waals surface area contributed by atoms with Gasteiger partial charge in [-0.2, -0.15) is 0 Å². The summed E-state index contributed by atoms with van der Waals surface area (Å²) in [6.45, 7) is 1.59. The third-order valence-electron chi connectivity index (χ3n) is 5.39. The lowest BCUT2D eigenvalue weighted by Crippen LogP contribution is -2.35. The maximum absolute atomic E-state index is 14.7. The van der Waals surface area contributed by atoms with E-state index in [2.05, 4.69) is 20.2 Å². The first-order valence-corrected chi connectivity index (χ1v) is 12.5. The molecule has 33 heavy (non-hydrogen) atoms. The van der Waals surface area contributed by atoms with E-state index in [1.807, 2.05) is 16.3 Å². The molecular formula is C23H21FN6OS2. The van der Waals surface area contributed by atoms with Crippen LogP contribution in [0.25, 0.3) is 17.1 Å². The van der Waals surface area contributed by atoms with Gasteiger partial charge in [0, 0.05) is 36.4 Å². The van der Waals surface area contributed by atoms with Crippen molar-refractivity contribution in [2.45, 2.75) is 30.2 Å². The molecule has 0 N–H and O–H groups in total. The molecule has 4 aromatic rings. The molecule has 7 nitrogen and oxygen atoms in total. The molecule has 0 spiro atoms. The van der Waals surface area contributed by atoms with Gasteiger partial charge in [-0.25, -0.2) is 9.37 Å². The van der Waals surface area contributed by atoms with Gasteiger partial charge in [-0.3, -0.25) is 14.3 Å². The molecule has 168 valence electrons. The smallest absolute Gasteiger partial charge is 0.273 e. The van der Waals surface area contributed by atoms with Gasteiger partial charge in [0.2, 0.25) is 0 Å². The summed E-state index contributed by atoms with van der Waals surface area (Å²) in [6, 6.07) is 10.2. The quantitative estimate of drug-likeness (QED) is 0.368. The first-order chi connectivity index (χ1) is 16.2. The predicted octanol–water partition coefficient (Wildman–Crippen LogP) is 4.84. The van der Waals surface area contributed by atoms with E-state index in [1.54, 1.807) is 41.2 Å². The zero-order valence-corrected chi connectivity index (χ0v) is 19.4. The fourth-order valence-corrected chi connectivity index (χ4v) is 5.49. The molecule has 0 bridgehead atoms. The number of para-hydroxylation sites is 1. The highest BCUT2D eigenvalue weighted by molar-refractivity contribution is 7.98. The van der Waals surface area contributed by atoms with Crippen LogP contribution < -0.4 is 0 Å². The summed E-state index contributed by atoms with van der Waals surface area (Å²) in [5, 5.41) is 11.8. The second-order valence-electron chi connectivity index (χ2n) is 7.60. The van der Waals surface area contributed by atoms with E-state index in [4.69, 9.17) is 0 Å². The van der Waals surface area contributed by atoms with E-state index in [1.165, 1.54) is 35.6 Å². The number of benzene rings is 1. The number of carbonyl (C=O) groups excluding carboxylic acids is 1. The van der Waals surface area contributed by atoms with Gasteiger partial charge in [0.15, 0.2) is 11.0 Å². The van der Waals surface area contributed by atoms with E-state index >= 15 is 0 Å². The number of piperidine rings is 1. The molecule has 0 saturated carbocycles. The Bertz CT molecular complexity index is 1250. The number of carbonyl (C=O) groups is 1. The van der Waals surface area contributed by atoms with Crippen LogP contribution >= 0.6 is 23.1 Å². The number of pyridine rings is 1. The van der Waals surface area contributed by atoms with Crippen LogP contribution in [0.2, 0.25) is 0 Å². The van der Waals surface area contributed by atoms with E-state index in [-0.39, 0.29) is 11.7 Å². The molecule has 1 fully saturated rings. The van der Waals surface area contributed by atoms with Crippen molar-refractivity contribution in [2.24, 2.45) is 0 Å². The number of aromatic nitrogens is 5. The minimum atomic E-state index is -0.368. The SMILES string of the molecule is O=C(c1csc(CSc2nnc(-c3cccnc3)n2-c2ccccc2F)n1)N1CCCCC1. The third kappa shape index (κ3) is 4.67. The Labute approximate surface area is 198 Å². The normalized spacial score (nSPS) is 13.9. The van der Waals surface area contributed by atoms with Crippen molar-refractivity contribution in [1.29, 1.82) is 0 Å². The Kier molecular flexibility index (Phi) is 6.45. The van der Waals surface area contributed by atoms with Crippen molar-refractivity contribution in [1.82, 2.24) is 29.6 Å². The van der Waals surface area contributed by atoms with Crippen molar-refractivity contribution in [3.05, 3.63) is 70.7 Å².